The van der Waals surface area contributed by atoms with Gasteiger partial charge in [-0.25, -0.2) is 0 Å². The van der Waals surface area contributed by atoms with Crippen LogP contribution in [0.2, 0.25) is 0 Å². The lowest BCUT2D eigenvalue weighted by molar-refractivity contribution is -0.148. The average molecular weight is 318 g/mol. The highest BCUT2D eigenvalue weighted by Crippen LogP contribution is 2.37. The maximum absolute atomic E-state index is 12.7. The van der Waals surface area contributed by atoms with Crippen LogP contribution in [0.25, 0.3) is 0 Å². The summed E-state index contributed by atoms with van der Waals surface area (Å²) in [7, 11) is -3.51. The van der Waals surface area contributed by atoms with Gasteiger partial charge >= 0.3 is 5.97 Å². The van der Waals surface area contributed by atoms with Crippen molar-refractivity contribution in [1.29, 1.82) is 0 Å². The first-order valence-electron chi connectivity index (χ1n) is 7.80. The van der Waals surface area contributed by atoms with E-state index in [9.17, 15) is 18.3 Å². The molecule has 0 amide bonds. The van der Waals surface area contributed by atoms with E-state index in [4.69, 9.17) is 0 Å². The SMILES string of the molecule is CCCC1(C(=O)O)CCN(S(=O)(=O)N2CCCC(C)C2)C1. The van der Waals surface area contributed by atoms with Crippen molar-refractivity contribution in [1.82, 2.24) is 8.61 Å². The molecule has 0 aromatic carbocycles. The van der Waals surface area contributed by atoms with Gasteiger partial charge in [0.25, 0.3) is 10.2 Å². The van der Waals surface area contributed by atoms with Gasteiger partial charge in [-0.15, -0.1) is 0 Å². The molecular formula is C14H26N2O4S. The molecule has 0 aromatic heterocycles. The maximum Gasteiger partial charge on any atom is 0.311 e. The topological polar surface area (TPSA) is 77.9 Å². The van der Waals surface area contributed by atoms with Crippen LogP contribution in [0.1, 0.15) is 46.0 Å². The van der Waals surface area contributed by atoms with Crippen LogP contribution >= 0.6 is 0 Å². The third-order valence-corrected chi connectivity index (χ3v) is 6.72. The number of nitrogens with zero attached hydrogens (tertiary/aromatic N) is 2. The number of piperidine rings is 1. The molecule has 0 radical (unpaired) electrons. The first-order valence-corrected chi connectivity index (χ1v) is 9.20. The minimum absolute atomic E-state index is 0.114. The van der Waals surface area contributed by atoms with Gasteiger partial charge in [0.15, 0.2) is 0 Å². The zero-order chi connectivity index (χ0) is 15.7. The van der Waals surface area contributed by atoms with Crippen molar-refractivity contribution < 1.29 is 18.3 Å². The van der Waals surface area contributed by atoms with Crippen LogP contribution in [-0.2, 0) is 15.0 Å². The molecule has 2 aliphatic heterocycles. The van der Waals surface area contributed by atoms with Crippen LogP contribution in [0.4, 0.5) is 0 Å². The van der Waals surface area contributed by atoms with E-state index in [1.807, 2.05) is 6.92 Å². The number of carbonyl (C=O) groups is 1. The highest BCUT2D eigenvalue weighted by atomic mass is 32.2. The Morgan fingerprint density at radius 1 is 1.33 bits per heavy atom. The van der Waals surface area contributed by atoms with Gasteiger partial charge in [0.2, 0.25) is 0 Å². The summed E-state index contributed by atoms with van der Waals surface area (Å²) in [5.74, 6) is -0.495. The molecule has 2 heterocycles. The molecule has 2 atom stereocenters. The Labute approximate surface area is 127 Å². The summed E-state index contributed by atoms with van der Waals surface area (Å²) in [4.78, 5) is 11.6. The number of aliphatic carboxylic acids is 1. The average Bonchev–Trinajstić information content (AvgIpc) is 2.85. The van der Waals surface area contributed by atoms with Crippen molar-refractivity contribution in [2.24, 2.45) is 11.3 Å². The van der Waals surface area contributed by atoms with Gasteiger partial charge in [0.1, 0.15) is 0 Å². The fraction of sp³-hybridized carbons (Fsp3) is 0.929. The van der Waals surface area contributed by atoms with E-state index in [-0.39, 0.29) is 6.54 Å². The lowest BCUT2D eigenvalue weighted by Gasteiger charge is -2.33. The van der Waals surface area contributed by atoms with Crippen molar-refractivity contribution in [2.75, 3.05) is 26.2 Å². The summed E-state index contributed by atoms with van der Waals surface area (Å²) in [6, 6.07) is 0. The van der Waals surface area contributed by atoms with Gasteiger partial charge in [0.05, 0.1) is 5.41 Å². The summed E-state index contributed by atoms with van der Waals surface area (Å²) in [6.45, 7) is 5.53. The van der Waals surface area contributed by atoms with E-state index < -0.39 is 21.6 Å². The molecule has 2 aliphatic rings. The molecule has 2 unspecified atom stereocenters. The second-order valence-electron chi connectivity index (χ2n) is 6.53. The van der Waals surface area contributed by atoms with Crippen LogP contribution in [-0.4, -0.2) is 54.3 Å². The van der Waals surface area contributed by atoms with Crippen LogP contribution < -0.4 is 0 Å². The number of carboxylic acid groups (broad SMARTS) is 1. The van der Waals surface area contributed by atoms with Crippen LogP contribution in [0.5, 0.6) is 0 Å². The van der Waals surface area contributed by atoms with Gasteiger partial charge < -0.3 is 5.11 Å². The largest absolute Gasteiger partial charge is 0.481 e. The van der Waals surface area contributed by atoms with Crippen LogP contribution in [0.3, 0.4) is 0 Å². The Kier molecular flexibility index (Phi) is 4.95. The van der Waals surface area contributed by atoms with Gasteiger partial charge in [0, 0.05) is 26.2 Å². The normalized spacial score (nSPS) is 32.4. The zero-order valence-electron chi connectivity index (χ0n) is 12.9. The second-order valence-corrected chi connectivity index (χ2v) is 8.46. The summed E-state index contributed by atoms with van der Waals surface area (Å²) in [5, 5.41) is 9.50. The van der Waals surface area contributed by atoms with Crippen molar-refractivity contribution in [3.63, 3.8) is 0 Å². The van der Waals surface area contributed by atoms with Crippen molar-refractivity contribution in [2.45, 2.75) is 46.0 Å². The fourth-order valence-corrected chi connectivity index (χ4v) is 5.38. The third kappa shape index (κ3) is 3.24. The summed E-state index contributed by atoms with van der Waals surface area (Å²) < 4.78 is 28.3. The number of hydrogen-bond acceptors (Lipinski definition) is 3. The Bertz CT molecular complexity index is 493. The van der Waals surface area contributed by atoms with Crippen molar-refractivity contribution >= 4 is 16.2 Å². The van der Waals surface area contributed by atoms with Gasteiger partial charge in [-0.3, -0.25) is 4.79 Å². The van der Waals surface area contributed by atoms with Gasteiger partial charge in [-0.1, -0.05) is 20.3 Å². The standard InChI is InChI=1S/C14H26N2O4S/c1-3-6-14(13(17)18)7-9-16(11-14)21(19,20)15-8-4-5-12(2)10-15/h12H,3-11H2,1-2H3,(H,17,18). The highest BCUT2D eigenvalue weighted by Gasteiger charge is 2.48. The fourth-order valence-electron chi connectivity index (χ4n) is 3.51. The molecule has 6 nitrogen and oxygen atoms in total. The predicted octanol–water partition coefficient (Wildman–Crippen LogP) is 1.54. The molecule has 2 rings (SSSR count). The molecule has 0 aliphatic carbocycles. The Morgan fingerprint density at radius 2 is 2.05 bits per heavy atom. The van der Waals surface area contributed by atoms with E-state index in [2.05, 4.69) is 6.92 Å². The van der Waals surface area contributed by atoms with Crippen LogP contribution in [0, 0.1) is 11.3 Å². The zero-order valence-corrected chi connectivity index (χ0v) is 13.7. The van der Waals surface area contributed by atoms with E-state index in [1.54, 1.807) is 0 Å². The quantitative estimate of drug-likeness (QED) is 0.834. The minimum Gasteiger partial charge on any atom is -0.481 e. The highest BCUT2D eigenvalue weighted by molar-refractivity contribution is 7.86. The third-order valence-electron chi connectivity index (χ3n) is 4.77. The van der Waals surface area contributed by atoms with E-state index in [0.29, 0.717) is 38.4 Å². The Hall–Kier alpha value is -0.660. The van der Waals surface area contributed by atoms with Gasteiger partial charge in [-0.2, -0.15) is 17.0 Å². The molecule has 7 heteroatoms. The Morgan fingerprint density at radius 3 is 2.62 bits per heavy atom. The molecular weight excluding hydrogens is 292 g/mol. The summed E-state index contributed by atoms with van der Waals surface area (Å²) in [5.41, 5.74) is -0.900. The predicted molar refractivity (Wildman–Crippen MR) is 80.1 cm³/mol. The van der Waals surface area contributed by atoms with E-state index in [0.717, 1.165) is 19.3 Å². The molecule has 2 saturated heterocycles. The summed E-state index contributed by atoms with van der Waals surface area (Å²) >= 11 is 0. The number of rotatable bonds is 5. The smallest absolute Gasteiger partial charge is 0.311 e. The summed E-state index contributed by atoms with van der Waals surface area (Å²) in [6.07, 6.45) is 3.64. The first kappa shape index (κ1) is 16.7. The molecule has 0 bridgehead atoms. The number of carboxylic acids is 1. The molecule has 0 spiro atoms. The Balaban J connectivity index is 2.13. The minimum atomic E-state index is -3.51. The van der Waals surface area contributed by atoms with Crippen molar-refractivity contribution in [3.8, 4) is 0 Å². The molecule has 1 N–H and O–H groups in total. The number of hydrogen-bond donors (Lipinski definition) is 1. The lowest BCUT2D eigenvalue weighted by atomic mass is 9.83. The molecule has 21 heavy (non-hydrogen) atoms. The van der Waals surface area contributed by atoms with Crippen molar-refractivity contribution in [3.05, 3.63) is 0 Å². The molecule has 2 fully saturated rings. The molecule has 0 aromatic rings. The lowest BCUT2D eigenvalue weighted by Crippen LogP contribution is -2.48. The maximum atomic E-state index is 12.7. The monoisotopic (exact) mass is 318 g/mol. The second kappa shape index (κ2) is 6.22. The van der Waals surface area contributed by atoms with E-state index >= 15 is 0 Å². The molecule has 0 saturated carbocycles. The van der Waals surface area contributed by atoms with Gasteiger partial charge in [-0.05, 0) is 31.6 Å². The van der Waals surface area contributed by atoms with E-state index in [1.165, 1.54) is 8.61 Å². The molecule has 122 valence electrons. The van der Waals surface area contributed by atoms with Crippen LogP contribution in [0.15, 0.2) is 0 Å². The first-order chi connectivity index (χ1) is 9.82.